The van der Waals surface area contributed by atoms with Crippen LogP contribution in [0.25, 0.3) is 0 Å². The van der Waals surface area contributed by atoms with Crippen LogP contribution in [0.1, 0.15) is 13.3 Å². The molecular weight excluding hydrogens is 192 g/mol. The van der Waals surface area contributed by atoms with Crippen molar-refractivity contribution in [2.45, 2.75) is 19.4 Å². The molecule has 0 saturated heterocycles. The molecule has 0 aromatic rings. The third kappa shape index (κ3) is 5.23. The van der Waals surface area contributed by atoms with Crippen LogP contribution in [0.3, 0.4) is 0 Å². The molecule has 1 unspecified atom stereocenters. The van der Waals surface area contributed by atoms with Crippen LogP contribution < -0.4 is 0 Å². The second-order valence-corrected chi connectivity index (χ2v) is 2.37. The van der Waals surface area contributed by atoms with E-state index in [2.05, 4.69) is 14.2 Å². The number of carbonyl (C=O) groups is 2. The van der Waals surface area contributed by atoms with Crippen molar-refractivity contribution in [2.75, 3.05) is 20.8 Å². The number of hydrogen-bond donors (Lipinski definition) is 0. The second-order valence-electron chi connectivity index (χ2n) is 2.37. The fourth-order valence-electron chi connectivity index (χ4n) is 0.639. The van der Waals surface area contributed by atoms with E-state index in [0.717, 1.165) is 0 Å². The molecule has 82 valence electrons. The van der Waals surface area contributed by atoms with Crippen molar-refractivity contribution in [3.63, 3.8) is 0 Å². The number of carbonyl (C=O) groups excluding carboxylic acids is 2. The molecule has 0 amide bonds. The van der Waals surface area contributed by atoms with Gasteiger partial charge < -0.3 is 18.9 Å². The Labute approximate surface area is 82.1 Å². The molecule has 14 heavy (non-hydrogen) atoms. The summed E-state index contributed by atoms with van der Waals surface area (Å²) >= 11 is 0. The van der Waals surface area contributed by atoms with Gasteiger partial charge in [-0.05, 0) is 6.42 Å². The number of methoxy groups -OCH3 is 2. The average molecular weight is 206 g/mol. The van der Waals surface area contributed by atoms with Crippen LogP contribution in [0.15, 0.2) is 0 Å². The summed E-state index contributed by atoms with van der Waals surface area (Å²) in [5, 5.41) is 0. The van der Waals surface area contributed by atoms with Crippen molar-refractivity contribution in [3.05, 3.63) is 0 Å². The van der Waals surface area contributed by atoms with E-state index in [4.69, 9.17) is 4.74 Å². The summed E-state index contributed by atoms with van der Waals surface area (Å²) in [6.07, 6.45) is -1.60. The molecule has 0 fully saturated rings. The minimum atomic E-state index is -0.808. The molecular formula is C8H14O6. The highest BCUT2D eigenvalue weighted by Gasteiger charge is 2.15. The lowest BCUT2D eigenvalue weighted by Crippen LogP contribution is -2.24. The lowest BCUT2D eigenvalue weighted by Gasteiger charge is -2.14. The van der Waals surface area contributed by atoms with E-state index < -0.39 is 18.4 Å². The van der Waals surface area contributed by atoms with Crippen molar-refractivity contribution in [2.24, 2.45) is 0 Å². The SMILES string of the molecule is CCC(COC(=O)OC)OC(=O)OC. The molecule has 0 saturated carbocycles. The van der Waals surface area contributed by atoms with E-state index >= 15 is 0 Å². The van der Waals surface area contributed by atoms with Gasteiger partial charge in [0.05, 0.1) is 14.2 Å². The molecule has 0 aliphatic carbocycles. The first-order valence-electron chi connectivity index (χ1n) is 4.09. The van der Waals surface area contributed by atoms with E-state index in [9.17, 15) is 9.59 Å². The molecule has 0 aliphatic heterocycles. The number of rotatable bonds is 4. The maximum absolute atomic E-state index is 10.7. The third-order valence-corrected chi connectivity index (χ3v) is 1.44. The Morgan fingerprint density at radius 3 is 2.14 bits per heavy atom. The number of hydrogen-bond acceptors (Lipinski definition) is 6. The molecule has 0 heterocycles. The van der Waals surface area contributed by atoms with Gasteiger partial charge in [0, 0.05) is 0 Å². The second kappa shape index (κ2) is 6.99. The van der Waals surface area contributed by atoms with Gasteiger partial charge in [-0.25, -0.2) is 9.59 Å². The lowest BCUT2D eigenvalue weighted by atomic mass is 10.3. The van der Waals surface area contributed by atoms with Gasteiger partial charge >= 0.3 is 12.3 Å². The molecule has 0 spiro atoms. The van der Waals surface area contributed by atoms with E-state index in [1.807, 2.05) is 0 Å². The van der Waals surface area contributed by atoms with E-state index in [1.54, 1.807) is 6.92 Å². The van der Waals surface area contributed by atoms with Gasteiger partial charge in [-0.3, -0.25) is 0 Å². The predicted molar refractivity (Wildman–Crippen MR) is 45.9 cm³/mol. The van der Waals surface area contributed by atoms with Gasteiger partial charge in [-0.15, -0.1) is 0 Å². The summed E-state index contributed by atoms with van der Waals surface area (Å²) in [6.45, 7) is 1.74. The van der Waals surface area contributed by atoms with Crippen LogP contribution in [0, 0.1) is 0 Å². The zero-order valence-corrected chi connectivity index (χ0v) is 8.44. The Morgan fingerprint density at radius 1 is 1.14 bits per heavy atom. The maximum atomic E-state index is 10.7. The Bertz CT molecular complexity index is 190. The van der Waals surface area contributed by atoms with E-state index in [0.29, 0.717) is 6.42 Å². The van der Waals surface area contributed by atoms with Crippen LogP contribution in [0.4, 0.5) is 9.59 Å². The van der Waals surface area contributed by atoms with Crippen LogP contribution in [-0.4, -0.2) is 39.2 Å². The Balaban J connectivity index is 3.79. The quantitative estimate of drug-likeness (QED) is 0.646. The highest BCUT2D eigenvalue weighted by Crippen LogP contribution is 2.01. The minimum Gasteiger partial charge on any atom is -0.438 e. The monoisotopic (exact) mass is 206 g/mol. The van der Waals surface area contributed by atoms with Crippen molar-refractivity contribution in [1.29, 1.82) is 0 Å². The third-order valence-electron chi connectivity index (χ3n) is 1.44. The Morgan fingerprint density at radius 2 is 1.71 bits per heavy atom. The summed E-state index contributed by atoms with van der Waals surface area (Å²) < 4.78 is 17.9. The minimum absolute atomic E-state index is 0.0434. The first-order valence-corrected chi connectivity index (χ1v) is 4.09. The lowest BCUT2D eigenvalue weighted by molar-refractivity contribution is -0.00739. The molecule has 0 radical (unpaired) electrons. The number of ether oxygens (including phenoxy) is 4. The molecule has 0 aliphatic rings. The van der Waals surface area contributed by atoms with Gasteiger partial charge in [-0.2, -0.15) is 0 Å². The topological polar surface area (TPSA) is 71.1 Å². The van der Waals surface area contributed by atoms with Crippen LogP contribution >= 0.6 is 0 Å². The summed E-state index contributed by atoms with van der Waals surface area (Å²) in [7, 11) is 2.40. The van der Waals surface area contributed by atoms with Crippen molar-refractivity contribution < 1.29 is 28.5 Å². The smallest absolute Gasteiger partial charge is 0.438 e. The summed E-state index contributed by atoms with van der Waals surface area (Å²) in [4.78, 5) is 21.3. The average Bonchev–Trinajstić information content (AvgIpc) is 2.22. The van der Waals surface area contributed by atoms with E-state index in [-0.39, 0.29) is 6.61 Å². The molecule has 0 aromatic carbocycles. The van der Waals surface area contributed by atoms with Crippen LogP contribution in [0.2, 0.25) is 0 Å². The normalized spacial score (nSPS) is 11.4. The molecule has 0 rings (SSSR count). The van der Waals surface area contributed by atoms with Crippen molar-refractivity contribution in [1.82, 2.24) is 0 Å². The Hall–Kier alpha value is -1.46. The summed E-state index contributed by atoms with van der Waals surface area (Å²) in [5.41, 5.74) is 0. The first kappa shape index (κ1) is 12.5. The standard InChI is InChI=1S/C8H14O6/c1-4-6(14-8(10)12-3)5-13-7(9)11-2/h6H,4-5H2,1-3H3. The molecule has 1 atom stereocenters. The first-order chi connectivity index (χ1) is 6.63. The fourth-order valence-corrected chi connectivity index (χ4v) is 0.639. The largest absolute Gasteiger partial charge is 0.508 e. The summed E-state index contributed by atoms with van der Waals surface area (Å²) in [5.74, 6) is 0. The summed E-state index contributed by atoms with van der Waals surface area (Å²) in [6, 6.07) is 0. The predicted octanol–water partition coefficient (Wildman–Crippen LogP) is 1.33. The Kier molecular flexibility index (Phi) is 6.26. The zero-order valence-electron chi connectivity index (χ0n) is 8.44. The van der Waals surface area contributed by atoms with Gasteiger partial charge in [-0.1, -0.05) is 6.92 Å². The van der Waals surface area contributed by atoms with Crippen LogP contribution in [-0.2, 0) is 18.9 Å². The van der Waals surface area contributed by atoms with Gasteiger partial charge in [0.2, 0.25) is 0 Å². The van der Waals surface area contributed by atoms with Crippen LogP contribution in [0.5, 0.6) is 0 Å². The highest BCUT2D eigenvalue weighted by atomic mass is 16.7. The van der Waals surface area contributed by atoms with Crippen molar-refractivity contribution in [3.8, 4) is 0 Å². The van der Waals surface area contributed by atoms with Crippen molar-refractivity contribution >= 4 is 12.3 Å². The molecule has 0 bridgehead atoms. The van der Waals surface area contributed by atoms with Gasteiger partial charge in [0.15, 0.2) is 0 Å². The molecule has 0 aromatic heterocycles. The molecule has 6 nitrogen and oxygen atoms in total. The van der Waals surface area contributed by atoms with E-state index in [1.165, 1.54) is 14.2 Å². The van der Waals surface area contributed by atoms with Gasteiger partial charge in [0.1, 0.15) is 12.7 Å². The van der Waals surface area contributed by atoms with Gasteiger partial charge in [0.25, 0.3) is 0 Å². The maximum Gasteiger partial charge on any atom is 0.508 e. The molecule has 6 heteroatoms. The molecule has 0 N–H and O–H groups in total. The zero-order chi connectivity index (χ0) is 11.0. The highest BCUT2D eigenvalue weighted by molar-refractivity contribution is 5.60. The fraction of sp³-hybridized carbons (Fsp3) is 0.750.